The van der Waals surface area contributed by atoms with Gasteiger partial charge in [0.1, 0.15) is 0 Å². The van der Waals surface area contributed by atoms with E-state index in [1.807, 2.05) is 27.7 Å². The quantitative estimate of drug-likeness (QED) is 0.615. The number of thioether (sulfide) groups is 1. The molecule has 6 nitrogen and oxygen atoms in total. The maximum atomic E-state index is 12.0. The van der Waals surface area contributed by atoms with E-state index in [2.05, 4.69) is 4.98 Å². The highest BCUT2D eigenvalue weighted by molar-refractivity contribution is 7.98. The lowest BCUT2D eigenvalue weighted by atomic mass is 9.88. The first-order valence-electron chi connectivity index (χ1n) is 5.24. The summed E-state index contributed by atoms with van der Waals surface area (Å²) in [7, 11) is 0. The molecule has 0 bridgehead atoms. The van der Waals surface area contributed by atoms with Gasteiger partial charge in [-0.1, -0.05) is 32.5 Å². The van der Waals surface area contributed by atoms with Crippen molar-refractivity contribution in [3.05, 3.63) is 21.0 Å². The maximum absolute atomic E-state index is 12.0. The van der Waals surface area contributed by atoms with Gasteiger partial charge in [-0.25, -0.2) is 14.2 Å². The van der Waals surface area contributed by atoms with Crippen molar-refractivity contribution in [2.45, 2.75) is 38.9 Å². The summed E-state index contributed by atoms with van der Waals surface area (Å²) in [5.41, 5.74) is -1.31. The van der Waals surface area contributed by atoms with Crippen LogP contribution in [0.2, 0.25) is 0 Å². The molecule has 96 valence electrons. The minimum absolute atomic E-state index is 0.220. The predicted octanol–water partition coefficient (Wildman–Crippen LogP) is 0.448. The molecule has 1 unspecified atom stereocenters. The zero-order chi connectivity index (χ0) is 13.4. The first-order valence-corrected chi connectivity index (χ1v) is 6.47. The normalized spacial score (nSPS) is 13.7. The maximum Gasteiger partial charge on any atom is 0.354 e. The van der Waals surface area contributed by atoms with E-state index in [1.165, 1.54) is 11.8 Å². The Morgan fingerprint density at radius 2 is 1.88 bits per heavy atom. The molecule has 7 heteroatoms. The van der Waals surface area contributed by atoms with Gasteiger partial charge < -0.3 is 5.84 Å². The van der Waals surface area contributed by atoms with Crippen LogP contribution in [0, 0.1) is 5.41 Å². The van der Waals surface area contributed by atoms with Crippen LogP contribution in [-0.4, -0.2) is 20.5 Å². The van der Waals surface area contributed by atoms with Crippen LogP contribution in [0.5, 0.6) is 0 Å². The van der Waals surface area contributed by atoms with Crippen LogP contribution in [-0.2, 0) is 0 Å². The fourth-order valence-electron chi connectivity index (χ4n) is 1.33. The summed E-state index contributed by atoms with van der Waals surface area (Å²) in [5, 5.41) is 0.220. The Hall–Kier alpha value is -1.24. The van der Waals surface area contributed by atoms with E-state index >= 15 is 0 Å². The third-order valence-corrected chi connectivity index (χ3v) is 3.49. The molecule has 0 amide bonds. The van der Waals surface area contributed by atoms with E-state index in [9.17, 15) is 9.59 Å². The number of hydrogen-bond donors (Lipinski definition) is 1. The fraction of sp³-hybridized carbons (Fsp3) is 0.700. The number of nitrogens with zero attached hydrogens (tertiary/aromatic N) is 3. The average molecular weight is 258 g/mol. The van der Waals surface area contributed by atoms with Gasteiger partial charge in [0, 0.05) is 6.04 Å². The van der Waals surface area contributed by atoms with Crippen molar-refractivity contribution in [1.29, 1.82) is 0 Å². The van der Waals surface area contributed by atoms with Crippen molar-refractivity contribution in [1.82, 2.24) is 14.2 Å². The van der Waals surface area contributed by atoms with Gasteiger partial charge >= 0.3 is 11.4 Å². The molecule has 0 radical (unpaired) electrons. The predicted molar refractivity (Wildman–Crippen MR) is 68.9 cm³/mol. The third kappa shape index (κ3) is 2.54. The van der Waals surface area contributed by atoms with E-state index in [-0.39, 0.29) is 16.6 Å². The molecular formula is C10H18N4O2S. The fourth-order valence-corrected chi connectivity index (χ4v) is 1.78. The van der Waals surface area contributed by atoms with Gasteiger partial charge in [-0.2, -0.15) is 9.66 Å². The van der Waals surface area contributed by atoms with E-state index in [0.29, 0.717) is 0 Å². The van der Waals surface area contributed by atoms with Crippen LogP contribution < -0.4 is 17.2 Å². The molecule has 0 fully saturated rings. The lowest BCUT2D eigenvalue weighted by molar-refractivity contribution is 0.242. The first kappa shape index (κ1) is 13.8. The van der Waals surface area contributed by atoms with E-state index < -0.39 is 11.4 Å². The number of nitrogen functional groups attached to an aromatic ring is 1. The summed E-state index contributed by atoms with van der Waals surface area (Å²) in [6.45, 7) is 7.66. The zero-order valence-corrected chi connectivity index (χ0v) is 11.5. The molecule has 2 N–H and O–H groups in total. The Kier molecular flexibility index (Phi) is 3.71. The molecule has 0 aliphatic heterocycles. The molecule has 1 heterocycles. The molecule has 0 aliphatic rings. The minimum atomic E-state index is -0.552. The van der Waals surface area contributed by atoms with Crippen molar-refractivity contribution in [2.24, 2.45) is 5.41 Å². The molecule has 17 heavy (non-hydrogen) atoms. The van der Waals surface area contributed by atoms with Gasteiger partial charge in [0.05, 0.1) is 0 Å². The summed E-state index contributed by atoms with van der Waals surface area (Å²) < 4.78 is 2.01. The first-order chi connectivity index (χ1) is 7.70. The van der Waals surface area contributed by atoms with Crippen LogP contribution >= 0.6 is 11.8 Å². The molecule has 0 spiro atoms. The topological polar surface area (TPSA) is 82.9 Å². The van der Waals surface area contributed by atoms with Crippen molar-refractivity contribution < 1.29 is 0 Å². The van der Waals surface area contributed by atoms with E-state index in [1.54, 1.807) is 6.26 Å². The minimum Gasteiger partial charge on any atom is -0.333 e. The lowest BCUT2D eigenvalue weighted by Gasteiger charge is -2.28. The second-order valence-electron chi connectivity index (χ2n) is 4.95. The lowest BCUT2D eigenvalue weighted by Crippen LogP contribution is -2.48. The van der Waals surface area contributed by atoms with Crippen molar-refractivity contribution in [2.75, 3.05) is 12.1 Å². The number of aromatic nitrogens is 3. The second kappa shape index (κ2) is 4.56. The van der Waals surface area contributed by atoms with Crippen LogP contribution in [0.1, 0.15) is 33.7 Å². The smallest absolute Gasteiger partial charge is 0.333 e. The number of nitrogens with two attached hydrogens (primary N) is 1. The average Bonchev–Trinajstić information content (AvgIpc) is 2.22. The molecule has 1 rings (SSSR count). The molecular weight excluding hydrogens is 240 g/mol. The van der Waals surface area contributed by atoms with Gasteiger partial charge in [-0.15, -0.1) is 0 Å². The van der Waals surface area contributed by atoms with Gasteiger partial charge in [-0.3, -0.25) is 0 Å². The highest BCUT2D eigenvalue weighted by Crippen LogP contribution is 2.27. The Labute approximate surface area is 104 Å². The molecule has 1 atom stereocenters. The van der Waals surface area contributed by atoms with E-state index in [0.717, 1.165) is 9.24 Å². The van der Waals surface area contributed by atoms with Gasteiger partial charge in [0.15, 0.2) is 5.16 Å². The number of hydrogen-bond acceptors (Lipinski definition) is 5. The largest absolute Gasteiger partial charge is 0.354 e. The summed E-state index contributed by atoms with van der Waals surface area (Å²) in [6.07, 6.45) is 1.71. The third-order valence-electron chi connectivity index (χ3n) is 2.84. The van der Waals surface area contributed by atoms with E-state index in [4.69, 9.17) is 5.84 Å². The Morgan fingerprint density at radius 1 is 1.35 bits per heavy atom. The SMILES string of the molecule is CSc1nc(=O)n(C(C)C(C)(C)C)c(=O)n1N. The highest BCUT2D eigenvalue weighted by atomic mass is 32.2. The van der Waals surface area contributed by atoms with Crippen LogP contribution in [0.3, 0.4) is 0 Å². The molecule has 0 aliphatic carbocycles. The molecule has 1 aromatic heterocycles. The van der Waals surface area contributed by atoms with Gasteiger partial charge in [-0.05, 0) is 18.6 Å². The zero-order valence-electron chi connectivity index (χ0n) is 10.7. The summed E-state index contributed by atoms with van der Waals surface area (Å²) >= 11 is 1.17. The Morgan fingerprint density at radius 3 is 2.29 bits per heavy atom. The Bertz CT molecular complexity index is 527. The highest BCUT2D eigenvalue weighted by Gasteiger charge is 2.26. The summed E-state index contributed by atoms with van der Waals surface area (Å²) in [6, 6.07) is -0.277. The van der Waals surface area contributed by atoms with Crippen molar-refractivity contribution in [3.63, 3.8) is 0 Å². The molecule has 0 saturated heterocycles. The Balaban J connectivity index is 3.53. The van der Waals surface area contributed by atoms with Crippen LogP contribution in [0.15, 0.2) is 14.7 Å². The number of rotatable bonds is 2. The van der Waals surface area contributed by atoms with Gasteiger partial charge in [0.25, 0.3) is 0 Å². The molecule has 0 saturated carbocycles. The molecule has 0 aromatic carbocycles. The second-order valence-corrected chi connectivity index (χ2v) is 5.72. The standard InChI is InChI=1S/C10H18N4O2S/c1-6(10(2,3)4)13-7(15)12-8(17-5)14(11)9(13)16/h6H,11H2,1-5H3. The van der Waals surface area contributed by atoms with Crippen molar-refractivity contribution >= 4 is 11.8 Å². The van der Waals surface area contributed by atoms with Crippen LogP contribution in [0.4, 0.5) is 0 Å². The van der Waals surface area contributed by atoms with Gasteiger partial charge in [0.2, 0.25) is 0 Å². The summed E-state index contributed by atoms with van der Waals surface area (Å²) in [5.74, 6) is 5.60. The summed E-state index contributed by atoms with van der Waals surface area (Å²) in [4.78, 5) is 27.6. The van der Waals surface area contributed by atoms with Crippen molar-refractivity contribution in [3.8, 4) is 0 Å². The monoisotopic (exact) mass is 258 g/mol. The van der Waals surface area contributed by atoms with Crippen LogP contribution in [0.25, 0.3) is 0 Å². The molecule has 1 aromatic rings.